The SMILES string of the molecule is COC(=O)C1CNC(c2cccc(O)c2)C1. The molecule has 1 fully saturated rings. The van der Waals surface area contributed by atoms with Crippen molar-refractivity contribution in [3.63, 3.8) is 0 Å². The van der Waals surface area contributed by atoms with Crippen LogP contribution in [0.5, 0.6) is 5.75 Å². The highest BCUT2D eigenvalue weighted by atomic mass is 16.5. The first-order chi connectivity index (χ1) is 7.70. The fraction of sp³-hybridized carbons (Fsp3) is 0.417. The second kappa shape index (κ2) is 4.53. The molecule has 2 N–H and O–H groups in total. The number of hydrogen-bond acceptors (Lipinski definition) is 4. The topological polar surface area (TPSA) is 58.6 Å². The van der Waals surface area contributed by atoms with Gasteiger partial charge in [-0.25, -0.2) is 0 Å². The summed E-state index contributed by atoms with van der Waals surface area (Å²) in [6.07, 6.45) is 0.718. The molecule has 2 rings (SSSR count). The van der Waals surface area contributed by atoms with E-state index in [0.717, 1.165) is 12.0 Å². The molecule has 0 radical (unpaired) electrons. The van der Waals surface area contributed by atoms with Crippen molar-refractivity contribution in [3.8, 4) is 5.75 Å². The molecule has 0 bridgehead atoms. The van der Waals surface area contributed by atoms with Gasteiger partial charge in [0.05, 0.1) is 13.0 Å². The number of esters is 1. The van der Waals surface area contributed by atoms with Crippen molar-refractivity contribution in [1.29, 1.82) is 0 Å². The Morgan fingerprint density at radius 2 is 2.38 bits per heavy atom. The van der Waals surface area contributed by atoms with E-state index >= 15 is 0 Å². The van der Waals surface area contributed by atoms with E-state index in [1.807, 2.05) is 6.07 Å². The summed E-state index contributed by atoms with van der Waals surface area (Å²) in [6.45, 7) is 0.632. The smallest absolute Gasteiger partial charge is 0.310 e. The quantitative estimate of drug-likeness (QED) is 0.737. The van der Waals surface area contributed by atoms with Crippen LogP contribution in [0, 0.1) is 5.92 Å². The molecule has 2 atom stereocenters. The van der Waals surface area contributed by atoms with Crippen LogP contribution in [0.25, 0.3) is 0 Å². The molecule has 0 spiro atoms. The second-order valence-corrected chi connectivity index (χ2v) is 4.01. The molecule has 0 aromatic heterocycles. The van der Waals surface area contributed by atoms with Crippen molar-refractivity contribution < 1.29 is 14.6 Å². The van der Waals surface area contributed by atoms with Gasteiger partial charge in [-0.3, -0.25) is 4.79 Å². The molecule has 1 aromatic carbocycles. The Bertz CT molecular complexity index is 392. The molecule has 2 unspecified atom stereocenters. The third kappa shape index (κ3) is 2.17. The van der Waals surface area contributed by atoms with E-state index < -0.39 is 0 Å². The average molecular weight is 221 g/mol. The van der Waals surface area contributed by atoms with Crippen molar-refractivity contribution in [2.24, 2.45) is 5.92 Å². The van der Waals surface area contributed by atoms with E-state index in [4.69, 9.17) is 4.74 Å². The van der Waals surface area contributed by atoms with Gasteiger partial charge in [0, 0.05) is 12.6 Å². The third-order valence-corrected chi connectivity index (χ3v) is 2.94. The molecule has 0 amide bonds. The number of hydrogen-bond donors (Lipinski definition) is 2. The normalized spacial score (nSPS) is 24.3. The largest absolute Gasteiger partial charge is 0.508 e. The van der Waals surface area contributed by atoms with Gasteiger partial charge in [-0.2, -0.15) is 0 Å². The Labute approximate surface area is 94.2 Å². The van der Waals surface area contributed by atoms with Crippen LogP contribution in [0.1, 0.15) is 18.0 Å². The molecule has 16 heavy (non-hydrogen) atoms. The van der Waals surface area contributed by atoms with Crippen LogP contribution in [0.4, 0.5) is 0 Å². The Kier molecular flexibility index (Phi) is 3.10. The molecule has 1 heterocycles. The highest BCUT2D eigenvalue weighted by Crippen LogP contribution is 2.29. The summed E-state index contributed by atoms with van der Waals surface area (Å²) in [4.78, 5) is 11.3. The lowest BCUT2D eigenvalue weighted by atomic mass is 10.00. The maximum absolute atomic E-state index is 11.3. The van der Waals surface area contributed by atoms with Gasteiger partial charge in [0.15, 0.2) is 0 Å². The number of nitrogens with one attached hydrogen (secondary N) is 1. The standard InChI is InChI=1S/C12H15NO3/c1-16-12(15)9-6-11(13-7-9)8-3-2-4-10(14)5-8/h2-5,9,11,13-14H,6-7H2,1H3. The van der Waals surface area contributed by atoms with Crippen LogP contribution in [0.15, 0.2) is 24.3 Å². The molecule has 1 aliphatic rings. The van der Waals surface area contributed by atoms with Gasteiger partial charge in [-0.15, -0.1) is 0 Å². The molecule has 1 aromatic rings. The van der Waals surface area contributed by atoms with Gasteiger partial charge in [-0.05, 0) is 24.1 Å². The summed E-state index contributed by atoms with van der Waals surface area (Å²) in [7, 11) is 1.41. The lowest BCUT2D eigenvalue weighted by molar-refractivity contribution is -0.144. The highest BCUT2D eigenvalue weighted by Gasteiger charge is 2.30. The van der Waals surface area contributed by atoms with Crippen molar-refractivity contribution in [3.05, 3.63) is 29.8 Å². The maximum Gasteiger partial charge on any atom is 0.310 e. The second-order valence-electron chi connectivity index (χ2n) is 4.01. The van der Waals surface area contributed by atoms with Gasteiger partial charge in [0.2, 0.25) is 0 Å². The summed E-state index contributed by atoms with van der Waals surface area (Å²) in [5.74, 6) is -0.00619. The number of carbonyl (C=O) groups is 1. The number of methoxy groups -OCH3 is 1. The number of phenolic OH excluding ortho intramolecular Hbond substituents is 1. The molecular formula is C12H15NO3. The van der Waals surface area contributed by atoms with Gasteiger partial charge in [-0.1, -0.05) is 12.1 Å². The summed E-state index contributed by atoms with van der Waals surface area (Å²) in [6, 6.07) is 7.22. The van der Waals surface area contributed by atoms with Crippen molar-refractivity contribution in [2.45, 2.75) is 12.5 Å². The molecule has 0 saturated carbocycles. The molecule has 1 saturated heterocycles. The van der Waals surface area contributed by atoms with E-state index in [0.29, 0.717) is 6.54 Å². The maximum atomic E-state index is 11.3. The lowest BCUT2D eigenvalue weighted by Gasteiger charge is -2.10. The number of carbonyl (C=O) groups excluding carboxylic acids is 1. The minimum Gasteiger partial charge on any atom is -0.508 e. The van der Waals surface area contributed by atoms with Gasteiger partial charge in [0.1, 0.15) is 5.75 Å². The molecule has 4 nitrogen and oxygen atoms in total. The van der Waals surface area contributed by atoms with E-state index in [9.17, 15) is 9.90 Å². The highest BCUT2D eigenvalue weighted by molar-refractivity contribution is 5.73. The number of ether oxygens (including phenoxy) is 1. The van der Waals surface area contributed by atoms with Crippen LogP contribution in [0.3, 0.4) is 0 Å². The summed E-state index contributed by atoms with van der Waals surface area (Å²) < 4.78 is 4.71. The van der Waals surface area contributed by atoms with Crippen LogP contribution in [-0.2, 0) is 9.53 Å². The molecule has 0 aliphatic carbocycles. The third-order valence-electron chi connectivity index (χ3n) is 2.94. The molecular weight excluding hydrogens is 206 g/mol. The van der Waals surface area contributed by atoms with Crippen LogP contribution in [0.2, 0.25) is 0 Å². The average Bonchev–Trinajstić information content (AvgIpc) is 2.77. The Morgan fingerprint density at radius 1 is 1.56 bits per heavy atom. The van der Waals surface area contributed by atoms with Crippen molar-refractivity contribution in [2.75, 3.05) is 13.7 Å². The van der Waals surface area contributed by atoms with Crippen molar-refractivity contribution >= 4 is 5.97 Å². The Balaban J connectivity index is 2.06. The zero-order valence-corrected chi connectivity index (χ0v) is 9.14. The fourth-order valence-electron chi connectivity index (χ4n) is 2.08. The van der Waals surface area contributed by atoms with Gasteiger partial charge in [0.25, 0.3) is 0 Å². The predicted molar refractivity (Wildman–Crippen MR) is 59.0 cm³/mol. The van der Waals surface area contributed by atoms with E-state index in [1.54, 1.807) is 18.2 Å². The summed E-state index contributed by atoms with van der Waals surface area (Å²) in [5, 5.41) is 12.6. The zero-order valence-electron chi connectivity index (χ0n) is 9.14. The Morgan fingerprint density at radius 3 is 3.06 bits per heavy atom. The van der Waals surface area contributed by atoms with Gasteiger partial charge < -0.3 is 15.2 Å². The molecule has 4 heteroatoms. The fourth-order valence-corrected chi connectivity index (χ4v) is 2.08. The lowest BCUT2D eigenvalue weighted by Crippen LogP contribution is -2.19. The van der Waals surface area contributed by atoms with E-state index in [2.05, 4.69) is 5.32 Å². The first-order valence-corrected chi connectivity index (χ1v) is 5.31. The van der Waals surface area contributed by atoms with E-state index in [-0.39, 0.29) is 23.7 Å². The predicted octanol–water partition coefficient (Wildman–Crippen LogP) is 1.22. The summed E-state index contributed by atoms with van der Waals surface area (Å²) >= 11 is 0. The van der Waals surface area contributed by atoms with E-state index in [1.165, 1.54) is 7.11 Å². The summed E-state index contributed by atoms with van der Waals surface area (Å²) in [5.41, 5.74) is 1.01. The number of phenols is 1. The first-order valence-electron chi connectivity index (χ1n) is 5.31. The zero-order chi connectivity index (χ0) is 11.5. The number of rotatable bonds is 2. The minimum atomic E-state index is -0.171. The number of benzene rings is 1. The van der Waals surface area contributed by atoms with Crippen LogP contribution in [-0.4, -0.2) is 24.7 Å². The van der Waals surface area contributed by atoms with Crippen molar-refractivity contribution in [1.82, 2.24) is 5.32 Å². The molecule has 1 aliphatic heterocycles. The Hall–Kier alpha value is -1.55. The van der Waals surface area contributed by atoms with Crippen LogP contribution >= 0.6 is 0 Å². The first kappa shape index (κ1) is 11.0. The van der Waals surface area contributed by atoms with Crippen LogP contribution < -0.4 is 5.32 Å². The van der Waals surface area contributed by atoms with Gasteiger partial charge >= 0.3 is 5.97 Å². The number of aromatic hydroxyl groups is 1. The minimum absolute atomic E-state index is 0.0858. The molecule has 86 valence electrons. The monoisotopic (exact) mass is 221 g/mol.